The van der Waals surface area contributed by atoms with Crippen LogP contribution in [0.1, 0.15) is 5.56 Å². The number of nitriles is 1. The molecule has 0 spiro atoms. The van der Waals surface area contributed by atoms with Gasteiger partial charge in [0.25, 0.3) is 0 Å². The molecule has 0 bridgehead atoms. The molecule has 0 radical (unpaired) electrons. The molecule has 2 aromatic rings. The summed E-state index contributed by atoms with van der Waals surface area (Å²) < 4.78 is 7.00. The summed E-state index contributed by atoms with van der Waals surface area (Å²) in [7, 11) is 1.77. The Morgan fingerprint density at radius 2 is 2.31 bits per heavy atom. The first kappa shape index (κ1) is 9.98. The first-order valence-corrected chi connectivity index (χ1v) is 4.51. The van der Waals surface area contributed by atoms with E-state index in [4.69, 9.17) is 15.7 Å². The molecule has 6 nitrogen and oxygen atoms in total. The Kier molecular flexibility index (Phi) is 2.44. The topological polar surface area (TPSA) is 89.8 Å². The zero-order valence-corrected chi connectivity index (χ0v) is 8.58. The first-order valence-electron chi connectivity index (χ1n) is 4.51. The van der Waals surface area contributed by atoms with Crippen LogP contribution in [0.5, 0.6) is 11.6 Å². The summed E-state index contributed by atoms with van der Waals surface area (Å²) in [6.07, 6.45) is 4.66. The van der Waals surface area contributed by atoms with E-state index in [-0.39, 0.29) is 5.88 Å². The maximum atomic E-state index is 8.88. The van der Waals surface area contributed by atoms with Crippen molar-refractivity contribution in [1.82, 2.24) is 14.8 Å². The number of nitrogens with zero attached hydrogens (tertiary/aromatic N) is 4. The van der Waals surface area contributed by atoms with Gasteiger partial charge in [0.1, 0.15) is 11.6 Å². The number of hydrogen-bond acceptors (Lipinski definition) is 5. The van der Waals surface area contributed by atoms with Crippen LogP contribution in [0.3, 0.4) is 0 Å². The SMILES string of the molecule is Cn1cc(Oc2ncc(N)cc2C#N)cn1. The molecular formula is C10H9N5O. The van der Waals surface area contributed by atoms with Gasteiger partial charge >= 0.3 is 0 Å². The van der Waals surface area contributed by atoms with Gasteiger partial charge in [0, 0.05) is 7.05 Å². The summed E-state index contributed by atoms with van der Waals surface area (Å²) in [6, 6.07) is 3.48. The van der Waals surface area contributed by atoms with E-state index in [9.17, 15) is 0 Å². The summed E-state index contributed by atoms with van der Waals surface area (Å²) >= 11 is 0. The lowest BCUT2D eigenvalue weighted by Gasteiger charge is -2.03. The molecule has 2 N–H and O–H groups in total. The predicted octanol–water partition coefficient (Wildman–Crippen LogP) is 1.06. The average molecular weight is 215 g/mol. The maximum absolute atomic E-state index is 8.88. The Morgan fingerprint density at radius 1 is 1.50 bits per heavy atom. The van der Waals surface area contributed by atoms with E-state index in [0.717, 1.165) is 0 Å². The van der Waals surface area contributed by atoms with Gasteiger partial charge in [-0.1, -0.05) is 0 Å². The Morgan fingerprint density at radius 3 is 2.94 bits per heavy atom. The molecule has 0 unspecified atom stereocenters. The third-order valence-electron chi connectivity index (χ3n) is 1.89. The highest BCUT2D eigenvalue weighted by Crippen LogP contribution is 2.23. The van der Waals surface area contributed by atoms with E-state index >= 15 is 0 Å². The second kappa shape index (κ2) is 3.90. The highest BCUT2D eigenvalue weighted by Gasteiger charge is 2.07. The van der Waals surface area contributed by atoms with Gasteiger partial charge in [-0.05, 0) is 6.07 Å². The van der Waals surface area contributed by atoms with E-state index in [1.807, 2.05) is 6.07 Å². The number of aryl methyl sites for hydroxylation is 1. The smallest absolute Gasteiger partial charge is 0.237 e. The lowest BCUT2D eigenvalue weighted by molar-refractivity contribution is 0.461. The number of aromatic nitrogens is 3. The van der Waals surface area contributed by atoms with Crippen molar-refractivity contribution in [2.24, 2.45) is 7.05 Å². The zero-order chi connectivity index (χ0) is 11.5. The number of nitrogens with two attached hydrogens (primary N) is 1. The molecular weight excluding hydrogens is 206 g/mol. The molecule has 0 aliphatic rings. The fourth-order valence-electron chi connectivity index (χ4n) is 1.19. The molecule has 2 aromatic heterocycles. The number of pyridine rings is 1. The highest BCUT2D eigenvalue weighted by atomic mass is 16.5. The van der Waals surface area contributed by atoms with Crippen molar-refractivity contribution >= 4 is 5.69 Å². The molecule has 0 aliphatic heterocycles. The Bertz CT molecular complexity index is 555. The molecule has 0 atom stereocenters. The van der Waals surface area contributed by atoms with Gasteiger partial charge in [0.15, 0.2) is 5.75 Å². The molecule has 0 saturated heterocycles. The highest BCUT2D eigenvalue weighted by molar-refractivity contribution is 5.49. The van der Waals surface area contributed by atoms with Gasteiger partial charge in [0.05, 0.1) is 24.3 Å². The molecule has 0 saturated carbocycles. The third kappa shape index (κ3) is 1.93. The van der Waals surface area contributed by atoms with E-state index in [1.165, 1.54) is 12.3 Å². The quantitative estimate of drug-likeness (QED) is 0.808. The van der Waals surface area contributed by atoms with Gasteiger partial charge < -0.3 is 10.5 Å². The van der Waals surface area contributed by atoms with Gasteiger partial charge in [-0.25, -0.2) is 4.98 Å². The van der Waals surface area contributed by atoms with Crippen molar-refractivity contribution in [3.63, 3.8) is 0 Å². The largest absolute Gasteiger partial charge is 0.434 e. The molecule has 16 heavy (non-hydrogen) atoms. The number of anilines is 1. The monoisotopic (exact) mass is 215 g/mol. The van der Waals surface area contributed by atoms with Crippen LogP contribution in [0.4, 0.5) is 5.69 Å². The number of rotatable bonds is 2. The molecule has 0 fully saturated rings. The number of ether oxygens (including phenoxy) is 1. The summed E-state index contributed by atoms with van der Waals surface area (Å²) in [5.41, 5.74) is 6.24. The minimum atomic E-state index is 0.227. The van der Waals surface area contributed by atoms with Crippen molar-refractivity contribution in [2.75, 3.05) is 5.73 Å². The number of hydrogen-bond donors (Lipinski definition) is 1. The Hall–Kier alpha value is -2.55. The average Bonchev–Trinajstić information content (AvgIpc) is 2.67. The third-order valence-corrected chi connectivity index (χ3v) is 1.89. The van der Waals surface area contributed by atoms with Crippen molar-refractivity contribution in [3.05, 3.63) is 30.2 Å². The molecule has 2 heterocycles. The standard InChI is InChI=1S/C10H9N5O/c1-15-6-9(5-14-15)16-10-7(3-11)2-8(12)4-13-10/h2,4-6H,12H2,1H3. The van der Waals surface area contributed by atoms with Crippen LogP contribution >= 0.6 is 0 Å². The lowest BCUT2D eigenvalue weighted by Crippen LogP contribution is -1.94. The fraction of sp³-hybridized carbons (Fsp3) is 0.100. The maximum Gasteiger partial charge on any atom is 0.237 e. The van der Waals surface area contributed by atoms with Gasteiger partial charge in [-0.3, -0.25) is 4.68 Å². The van der Waals surface area contributed by atoms with Crippen molar-refractivity contribution < 1.29 is 4.74 Å². The zero-order valence-electron chi connectivity index (χ0n) is 8.58. The van der Waals surface area contributed by atoms with E-state index in [2.05, 4.69) is 10.1 Å². The van der Waals surface area contributed by atoms with E-state index in [1.54, 1.807) is 24.1 Å². The molecule has 2 rings (SSSR count). The van der Waals surface area contributed by atoms with Crippen LogP contribution in [0, 0.1) is 11.3 Å². The van der Waals surface area contributed by atoms with Crippen LogP contribution < -0.4 is 10.5 Å². The second-order valence-electron chi connectivity index (χ2n) is 3.18. The molecule has 0 aliphatic carbocycles. The van der Waals surface area contributed by atoms with Crippen LogP contribution in [0.15, 0.2) is 24.7 Å². The van der Waals surface area contributed by atoms with Crippen LogP contribution in [0.2, 0.25) is 0 Å². The molecule has 80 valence electrons. The van der Waals surface area contributed by atoms with Crippen LogP contribution in [-0.2, 0) is 7.05 Å². The first-order chi connectivity index (χ1) is 7.69. The lowest BCUT2D eigenvalue weighted by atomic mass is 10.3. The minimum Gasteiger partial charge on any atom is -0.434 e. The summed E-state index contributed by atoms with van der Waals surface area (Å²) in [6.45, 7) is 0. The van der Waals surface area contributed by atoms with E-state index in [0.29, 0.717) is 17.0 Å². The molecule has 6 heteroatoms. The minimum absolute atomic E-state index is 0.227. The molecule has 0 amide bonds. The Balaban J connectivity index is 2.31. The molecule has 0 aromatic carbocycles. The van der Waals surface area contributed by atoms with Crippen molar-refractivity contribution in [1.29, 1.82) is 5.26 Å². The Labute approximate surface area is 91.9 Å². The summed E-state index contributed by atoms with van der Waals surface area (Å²) in [4.78, 5) is 3.95. The van der Waals surface area contributed by atoms with Crippen molar-refractivity contribution in [2.45, 2.75) is 0 Å². The second-order valence-corrected chi connectivity index (χ2v) is 3.18. The van der Waals surface area contributed by atoms with Crippen molar-refractivity contribution in [3.8, 4) is 17.7 Å². The summed E-state index contributed by atoms with van der Waals surface area (Å²) in [5, 5.41) is 12.8. The van der Waals surface area contributed by atoms with Gasteiger partial charge in [0.2, 0.25) is 5.88 Å². The predicted molar refractivity (Wildman–Crippen MR) is 56.6 cm³/mol. The van der Waals surface area contributed by atoms with Crippen LogP contribution in [0.25, 0.3) is 0 Å². The normalized spacial score (nSPS) is 9.75. The van der Waals surface area contributed by atoms with E-state index < -0.39 is 0 Å². The van der Waals surface area contributed by atoms with Crippen LogP contribution in [-0.4, -0.2) is 14.8 Å². The van der Waals surface area contributed by atoms with Gasteiger partial charge in [-0.2, -0.15) is 10.4 Å². The summed E-state index contributed by atoms with van der Waals surface area (Å²) in [5.74, 6) is 0.751. The van der Waals surface area contributed by atoms with Gasteiger partial charge in [-0.15, -0.1) is 0 Å². The fourth-order valence-corrected chi connectivity index (χ4v) is 1.19. The number of nitrogen functional groups attached to an aromatic ring is 1.